The SMILES string of the molecule is CO[C@H]1CCCN(c2ccc(-c3nc(C)no3)cn2)C1. The molecule has 0 bridgehead atoms. The van der Waals surface area contributed by atoms with E-state index in [0.717, 1.165) is 37.3 Å². The van der Waals surface area contributed by atoms with Crippen molar-refractivity contribution in [3.63, 3.8) is 0 Å². The zero-order valence-corrected chi connectivity index (χ0v) is 11.7. The van der Waals surface area contributed by atoms with Crippen molar-refractivity contribution in [3.8, 4) is 11.5 Å². The van der Waals surface area contributed by atoms with Gasteiger partial charge in [0.05, 0.1) is 11.7 Å². The first kappa shape index (κ1) is 13.1. The van der Waals surface area contributed by atoms with Gasteiger partial charge in [-0.3, -0.25) is 0 Å². The minimum atomic E-state index is 0.295. The zero-order valence-electron chi connectivity index (χ0n) is 11.7. The molecule has 3 heterocycles. The summed E-state index contributed by atoms with van der Waals surface area (Å²) in [6.45, 7) is 3.71. The summed E-state index contributed by atoms with van der Waals surface area (Å²) < 4.78 is 10.6. The van der Waals surface area contributed by atoms with E-state index in [2.05, 4.69) is 20.0 Å². The molecule has 1 aliphatic rings. The predicted molar refractivity (Wildman–Crippen MR) is 74.5 cm³/mol. The molecule has 0 saturated carbocycles. The third-order valence-corrected chi connectivity index (χ3v) is 3.56. The fraction of sp³-hybridized carbons (Fsp3) is 0.500. The van der Waals surface area contributed by atoms with Crippen LogP contribution in [0.1, 0.15) is 18.7 Å². The van der Waals surface area contributed by atoms with Gasteiger partial charge in [-0.15, -0.1) is 0 Å². The van der Waals surface area contributed by atoms with E-state index in [4.69, 9.17) is 9.26 Å². The Bertz CT molecular complexity index is 567. The van der Waals surface area contributed by atoms with E-state index in [0.29, 0.717) is 17.8 Å². The second kappa shape index (κ2) is 5.58. The molecule has 0 aliphatic carbocycles. The van der Waals surface area contributed by atoms with Crippen LogP contribution >= 0.6 is 0 Å². The van der Waals surface area contributed by atoms with Crippen LogP contribution in [0, 0.1) is 6.92 Å². The number of hydrogen-bond donors (Lipinski definition) is 0. The number of aromatic nitrogens is 3. The predicted octanol–water partition coefficient (Wildman–Crippen LogP) is 2.06. The van der Waals surface area contributed by atoms with Gasteiger partial charge in [0.1, 0.15) is 5.82 Å². The maximum atomic E-state index is 5.44. The molecule has 20 heavy (non-hydrogen) atoms. The van der Waals surface area contributed by atoms with Crippen LogP contribution in [0.2, 0.25) is 0 Å². The average Bonchev–Trinajstić information content (AvgIpc) is 2.94. The molecule has 1 atom stereocenters. The molecule has 1 saturated heterocycles. The van der Waals surface area contributed by atoms with E-state index in [1.54, 1.807) is 20.2 Å². The summed E-state index contributed by atoms with van der Waals surface area (Å²) in [6, 6.07) is 3.96. The molecule has 3 rings (SSSR count). The molecular weight excluding hydrogens is 256 g/mol. The molecule has 1 aliphatic heterocycles. The highest BCUT2D eigenvalue weighted by atomic mass is 16.5. The van der Waals surface area contributed by atoms with Crippen molar-refractivity contribution >= 4 is 5.82 Å². The highest BCUT2D eigenvalue weighted by Gasteiger charge is 2.20. The molecule has 1 fully saturated rings. The van der Waals surface area contributed by atoms with Gasteiger partial charge < -0.3 is 14.2 Å². The third kappa shape index (κ3) is 2.65. The first-order valence-electron chi connectivity index (χ1n) is 6.81. The Morgan fingerprint density at radius 1 is 1.40 bits per heavy atom. The van der Waals surface area contributed by atoms with Gasteiger partial charge in [-0.2, -0.15) is 4.98 Å². The highest BCUT2D eigenvalue weighted by molar-refractivity contribution is 5.54. The molecule has 2 aromatic rings. The lowest BCUT2D eigenvalue weighted by Crippen LogP contribution is -2.39. The molecule has 0 unspecified atom stereocenters. The molecule has 106 valence electrons. The van der Waals surface area contributed by atoms with Gasteiger partial charge in [0.15, 0.2) is 5.82 Å². The number of aryl methyl sites for hydroxylation is 1. The number of methoxy groups -OCH3 is 1. The Morgan fingerprint density at radius 3 is 2.95 bits per heavy atom. The third-order valence-electron chi connectivity index (χ3n) is 3.56. The van der Waals surface area contributed by atoms with E-state index < -0.39 is 0 Å². The topological polar surface area (TPSA) is 64.3 Å². The Hall–Kier alpha value is -1.95. The lowest BCUT2D eigenvalue weighted by Gasteiger charge is -2.32. The van der Waals surface area contributed by atoms with Crippen molar-refractivity contribution < 1.29 is 9.26 Å². The number of piperidine rings is 1. The van der Waals surface area contributed by atoms with Gasteiger partial charge in [-0.1, -0.05) is 5.16 Å². The number of nitrogens with zero attached hydrogens (tertiary/aromatic N) is 4. The van der Waals surface area contributed by atoms with E-state index >= 15 is 0 Å². The Labute approximate surface area is 117 Å². The largest absolute Gasteiger partial charge is 0.380 e. The standard InChI is InChI=1S/C14H18N4O2/c1-10-16-14(20-17-10)11-5-6-13(15-8-11)18-7-3-4-12(9-18)19-2/h5-6,8,12H,3-4,7,9H2,1-2H3/t12-/m0/s1. The van der Waals surface area contributed by atoms with Crippen molar-refractivity contribution in [1.82, 2.24) is 15.1 Å². The van der Waals surface area contributed by atoms with Crippen LogP contribution in [0.3, 0.4) is 0 Å². The van der Waals surface area contributed by atoms with Gasteiger partial charge >= 0.3 is 0 Å². The molecular formula is C14H18N4O2. The normalized spacial score (nSPS) is 19.3. The zero-order chi connectivity index (χ0) is 13.9. The van der Waals surface area contributed by atoms with Crippen LogP contribution in [0.25, 0.3) is 11.5 Å². The molecule has 0 N–H and O–H groups in total. The quantitative estimate of drug-likeness (QED) is 0.853. The first-order chi connectivity index (χ1) is 9.76. The number of pyridine rings is 1. The Kier molecular flexibility index (Phi) is 3.64. The molecule has 0 spiro atoms. The van der Waals surface area contributed by atoms with Gasteiger partial charge in [0.25, 0.3) is 5.89 Å². The van der Waals surface area contributed by atoms with Crippen LogP contribution < -0.4 is 4.90 Å². The summed E-state index contributed by atoms with van der Waals surface area (Å²) in [5.74, 6) is 2.10. The van der Waals surface area contributed by atoms with Crippen LogP contribution in [-0.2, 0) is 4.74 Å². The second-order valence-corrected chi connectivity index (χ2v) is 5.00. The summed E-state index contributed by atoms with van der Waals surface area (Å²) in [5, 5.41) is 3.79. The van der Waals surface area contributed by atoms with E-state index in [1.807, 2.05) is 12.1 Å². The minimum absolute atomic E-state index is 0.295. The smallest absolute Gasteiger partial charge is 0.259 e. The molecule has 6 nitrogen and oxygen atoms in total. The summed E-state index contributed by atoms with van der Waals surface area (Å²) in [5.41, 5.74) is 0.842. The Morgan fingerprint density at radius 2 is 2.30 bits per heavy atom. The average molecular weight is 274 g/mol. The van der Waals surface area contributed by atoms with Crippen molar-refractivity contribution in [2.24, 2.45) is 0 Å². The van der Waals surface area contributed by atoms with Crippen LogP contribution in [0.5, 0.6) is 0 Å². The molecule has 6 heteroatoms. The fourth-order valence-electron chi connectivity index (χ4n) is 2.45. The van der Waals surface area contributed by atoms with Crippen molar-refractivity contribution in [1.29, 1.82) is 0 Å². The summed E-state index contributed by atoms with van der Waals surface area (Å²) >= 11 is 0. The van der Waals surface area contributed by atoms with Gasteiger partial charge in [-0.25, -0.2) is 4.98 Å². The molecule has 2 aromatic heterocycles. The van der Waals surface area contributed by atoms with E-state index in [-0.39, 0.29) is 0 Å². The summed E-state index contributed by atoms with van der Waals surface area (Å²) in [4.78, 5) is 10.9. The summed E-state index contributed by atoms with van der Waals surface area (Å²) in [6.07, 6.45) is 4.32. The van der Waals surface area contributed by atoms with Crippen LogP contribution in [0.15, 0.2) is 22.9 Å². The second-order valence-electron chi connectivity index (χ2n) is 5.00. The van der Waals surface area contributed by atoms with Gasteiger partial charge in [0, 0.05) is 26.4 Å². The van der Waals surface area contributed by atoms with Gasteiger partial charge in [0.2, 0.25) is 0 Å². The highest BCUT2D eigenvalue weighted by Crippen LogP contribution is 2.22. The van der Waals surface area contributed by atoms with Crippen molar-refractivity contribution in [2.45, 2.75) is 25.9 Å². The van der Waals surface area contributed by atoms with Crippen molar-refractivity contribution in [2.75, 3.05) is 25.1 Å². The lowest BCUT2D eigenvalue weighted by atomic mass is 10.1. The minimum Gasteiger partial charge on any atom is -0.380 e. The maximum absolute atomic E-state index is 5.44. The van der Waals surface area contributed by atoms with Crippen molar-refractivity contribution in [3.05, 3.63) is 24.2 Å². The summed E-state index contributed by atoms with van der Waals surface area (Å²) in [7, 11) is 1.77. The number of ether oxygens (including phenoxy) is 1. The number of hydrogen-bond acceptors (Lipinski definition) is 6. The van der Waals surface area contributed by atoms with E-state index in [1.165, 1.54) is 0 Å². The number of rotatable bonds is 3. The maximum Gasteiger partial charge on any atom is 0.259 e. The first-order valence-corrected chi connectivity index (χ1v) is 6.81. The fourth-order valence-corrected chi connectivity index (χ4v) is 2.45. The van der Waals surface area contributed by atoms with Crippen LogP contribution in [-0.4, -0.2) is 41.4 Å². The van der Waals surface area contributed by atoms with Crippen LogP contribution in [0.4, 0.5) is 5.82 Å². The molecule has 0 aromatic carbocycles. The Balaban J connectivity index is 1.75. The number of anilines is 1. The molecule has 0 amide bonds. The lowest BCUT2D eigenvalue weighted by molar-refractivity contribution is 0.0891. The van der Waals surface area contributed by atoms with E-state index in [9.17, 15) is 0 Å². The molecule has 0 radical (unpaired) electrons. The monoisotopic (exact) mass is 274 g/mol. The van der Waals surface area contributed by atoms with Gasteiger partial charge in [-0.05, 0) is 31.9 Å².